The molecule has 4 rings (SSSR count). The van der Waals surface area contributed by atoms with E-state index in [0.29, 0.717) is 24.2 Å². The number of likely N-dealkylation sites (tertiary alicyclic amines) is 1. The van der Waals surface area contributed by atoms with Crippen LogP contribution in [0.1, 0.15) is 30.3 Å². The second-order valence-electron chi connectivity index (χ2n) is 8.17. The summed E-state index contributed by atoms with van der Waals surface area (Å²) in [6.07, 6.45) is 0.650. The van der Waals surface area contributed by atoms with Gasteiger partial charge in [-0.05, 0) is 13.3 Å². The molecule has 0 spiro atoms. The second-order valence-corrected chi connectivity index (χ2v) is 8.53. The number of aliphatic hydroxyl groups is 1. The van der Waals surface area contributed by atoms with Gasteiger partial charge < -0.3 is 20.1 Å². The first kappa shape index (κ1) is 24.2. The normalized spacial score (nSPS) is 26.2. The number of aliphatic hydroxyl groups excluding tert-OH is 1. The molecule has 0 unspecified atom stereocenters. The highest BCUT2D eigenvalue weighted by molar-refractivity contribution is 6.69. The van der Waals surface area contributed by atoms with Gasteiger partial charge in [0.1, 0.15) is 35.0 Å². The minimum Gasteiger partial charge on any atom is -0.389 e. The van der Waals surface area contributed by atoms with Gasteiger partial charge in [-0.3, -0.25) is 9.89 Å². The number of anilines is 1. The summed E-state index contributed by atoms with van der Waals surface area (Å²) >= 11 is 6.14. The number of nitrogens with zero attached hydrogens (tertiary/aromatic N) is 5. The zero-order chi connectivity index (χ0) is 24.4. The Morgan fingerprint density at radius 1 is 1.50 bits per heavy atom. The number of halogens is 3. The summed E-state index contributed by atoms with van der Waals surface area (Å²) < 4.78 is 32.7. The van der Waals surface area contributed by atoms with Crippen LogP contribution in [-0.4, -0.2) is 85.4 Å². The van der Waals surface area contributed by atoms with Crippen molar-refractivity contribution in [1.82, 2.24) is 25.1 Å². The molecule has 10 nitrogen and oxygen atoms in total. The van der Waals surface area contributed by atoms with Gasteiger partial charge in [-0.1, -0.05) is 18.2 Å². The van der Waals surface area contributed by atoms with Gasteiger partial charge in [-0.25, -0.2) is 23.7 Å². The Labute approximate surface area is 198 Å². The molecule has 4 atom stereocenters. The summed E-state index contributed by atoms with van der Waals surface area (Å²) in [6, 6.07) is -1.13. The zero-order valence-electron chi connectivity index (χ0n) is 18.3. The first-order valence-corrected chi connectivity index (χ1v) is 11.0. The molecule has 2 aliphatic rings. The van der Waals surface area contributed by atoms with Crippen molar-refractivity contribution in [3.05, 3.63) is 36.2 Å². The van der Waals surface area contributed by atoms with Crippen LogP contribution in [0, 0.1) is 0 Å². The first-order valence-electron chi connectivity index (χ1n) is 10.7. The maximum absolute atomic E-state index is 14.4. The number of carbonyl (C=O) groups is 1. The minimum absolute atomic E-state index is 0.0312. The summed E-state index contributed by atoms with van der Waals surface area (Å²) in [7, 11) is 0. The summed E-state index contributed by atoms with van der Waals surface area (Å²) in [6.45, 7) is 5.51. The summed E-state index contributed by atoms with van der Waals surface area (Å²) in [4.78, 5) is 26.9. The minimum atomic E-state index is -1.31. The van der Waals surface area contributed by atoms with Crippen molar-refractivity contribution >= 4 is 39.5 Å². The Balaban J connectivity index is 1.64. The molecule has 0 aliphatic carbocycles. The molecular formula is C21H24ClF2N7O3. The van der Waals surface area contributed by atoms with Crippen molar-refractivity contribution in [3.63, 3.8) is 0 Å². The fraction of sp³-hybridized carbons (Fsp3) is 0.476. The number of hydrogen-bond acceptors (Lipinski definition) is 8. The number of carbonyl (C=O) groups excluding carboxylic acids is 1. The number of aromatic amines is 1. The molecule has 2 fully saturated rings. The Morgan fingerprint density at radius 2 is 2.29 bits per heavy atom. The van der Waals surface area contributed by atoms with Crippen LogP contribution in [0.4, 0.5) is 14.6 Å². The van der Waals surface area contributed by atoms with Crippen LogP contribution in [0.2, 0.25) is 0 Å². The number of alkyl halides is 1. The molecule has 4 heterocycles. The molecule has 2 saturated heterocycles. The molecule has 182 valence electrons. The predicted molar refractivity (Wildman–Crippen MR) is 122 cm³/mol. The van der Waals surface area contributed by atoms with Crippen LogP contribution in [0.25, 0.3) is 11.0 Å². The van der Waals surface area contributed by atoms with Gasteiger partial charge in [-0.2, -0.15) is 5.10 Å². The average Bonchev–Trinajstić information content (AvgIpc) is 3.42. The molecule has 0 saturated carbocycles. The number of aromatic nitrogens is 4. The van der Waals surface area contributed by atoms with E-state index in [0.717, 1.165) is 6.20 Å². The van der Waals surface area contributed by atoms with E-state index in [4.69, 9.17) is 16.3 Å². The van der Waals surface area contributed by atoms with Crippen LogP contribution in [-0.2, 0) is 4.74 Å². The summed E-state index contributed by atoms with van der Waals surface area (Å²) in [5.41, 5.74) is 0.479. The number of amides is 1. The number of hydrogen-bond donors (Lipinski definition) is 3. The molecule has 1 amide bonds. The van der Waals surface area contributed by atoms with E-state index in [-0.39, 0.29) is 47.7 Å². The SMILES string of the molecule is C=C(C(Cl)=N/C=C(\C)F)[C@H]1C[C@H](F)CN1C(=O)c1[nH]nc2ncnc(N[C@@H]3CCOC[C@H]3O)c12. The monoisotopic (exact) mass is 495 g/mol. The average molecular weight is 496 g/mol. The van der Waals surface area contributed by atoms with E-state index < -0.39 is 30.1 Å². The van der Waals surface area contributed by atoms with E-state index >= 15 is 0 Å². The van der Waals surface area contributed by atoms with Gasteiger partial charge in [-0.15, -0.1) is 0 Å². The standard InChI is InChI=1S/C21H24ClF2N7O3/c1-10(23)6-25-18(22)11(2)14-5-12(24)7-31(14)21(33)17-16-19(26-9-27-20(16)30-29-17)28-13-3-4-34-8-15(13)32/h6,9,12-15,32H,2-5,7-8H2,1H3,(H2,26,27,28,29,30)/b10-6+,25-18?/t12-,13+,14+,15+/m0/s1. The Hall–Kier alpha value is -2.96. The fourth-order valence-electron chi connectivity index (χ4n) is 4.04. The van der Waals surface area contributed by atoms with E-state index in [1.807, 2.05) is 0 Å². The number of rotatable bonds is 6. The van der Waals surface area contributed by atoms with Crippen molar-refractivity contribution in [2.45, 2.75) is 44.1 Å². The van der Waals surface area contributed by atoms with Crippen molar-refractivity contribution in [2.75, 3.05) is 25.1 Å². The molecular weight excluding hydrogens is 472 g/mol. The van der Waals surface area contributed by atoms with Crippen molar-refractivity contribution < 1.29 is 23.4 Å². The first-order chi connectivity index (χ1) is 16.3. The molecule has 0 aromatic carbocycles. The summed E-state index contributed by atoms with van der Waals surface area (Å²) in [5.74, 6) is -0.810. The smallest absolute Gasteiger partial charge is 0.273 e. The number of H-pyrrole nitrogens is 1. The van der Waals surface area contributed by atoms with Gasteiger partial charge in [0.05, 0.1) is 42.9 Å². The van der Waals surface area contributed by atoms with Gasteiger partial charge in [0.2, 0.25) is 0 Å². The number of nitrogens with one attached hydrogen (secondary N) is 2. The van der Waals surface area contributed by atoms with Crippen molar-refractivity contribution in [3.8, 4) is 0 Å². The highest BCUT2D eigenvalue weighted by Crippen LogP contribution is 2.31. The molecule has 3 N–H and O–H groups in total. The van der Waals surface area contributed by atoms with Gasteiger partial charge in [0, 0.05) is 18.6 Å². The van der Waals surface area contributed by atoms with E-state index in [2.05, 4.69) is 37.1 Å². The Kier molecular flexibility index (Phi) is 7.19. The van der Waals surface area contributed by atoms with E-state index in [9.17, 15) is 18.7 Å². The highest BCUT2D eigenvalue weighted by Gasteiger charge is 2.40. The van der Waals surface area contributed by atoms with Crippen LogP contribution < -0.4 is 5.32 Å². The van der Waals surface area contributed by atoms with Crippen LogP contribution in [0.3, 0.4) is 0 Å². The lowest BCUT2D eigenvalue weighted by Gasteiger charge is -2.29. The predicted octanol–water partition coefficient (Wildman–Crippen LogP) is 2.49. The van der Waals surface area contributed by atoms with Crippen LogP contribution in [0.5, 0.6) is 0 Å². The molecule has 0 radical (unpaired) electrons. The highest BCUT2D eigenvalue weighted by atomic mass is 35.5. The molecule has 2 aromatic rings. The number of ether oxygens (including phenoxy) is 1. The number of allylic oxidation sites excluding steroid dienone is 1. The van der Waals surface area contributed by atoms with E-state index in [1.165, 1.54) is 18.2 Å². The lowest BCUT2D eigenvalue weighted by Crippen LogP contribution is -2.42. The lowest BCUT2D eigenvalue weighted by atomic mass is 10.1. The zero-order valence-corrected chi connectivity index (χ0v) is 19.1. The van der Waals surface area contributed by atoms with E-state index in [1.54, 1.807) is 0 Å². The molecule has 2 aromatic heterocycles. The third kappa shape index (κ3) is 4.93. The Bertz CT molecular complexity index is 1150. The largest absolute Gasteiger partial charge is 0.389 e. The number of fused-ring (bicyclic) bond motifs is 1. The maximum Gasteiger partial charge on any atom is 0.273 e. The van der Waals surface area contributed by atoms with Crippen LogP contribution in [0.15, 0.2) is 35.5 Å². The van der Waals surface area contributed by atoms with Gasteiger partial charge in [0.15, 0.2) is 5.65 Å². The summed E-state index contributed by atoms with van der Waals surface area (Å²) in [5, 5.41) is 20.3. The molecule has 0 bridgehead atoms. The van der Waals surface area contributed by atoms with Gasteiger partial charge in [0.25, 0.3) is 5.91 Å². The lowest BCUT2D eigenvalue weighted by molar-refractivity contribution is -0.0135. The topological polar surface area (TPSA) is 129 Å². The van der Waals surface area contributed by atoms with Crippen molar-refractivity contribution in [2.24, 2.45) is 4.99 Å². The maximum atomic E-state index is 14.4. The third-order valence-corrected chi connectivity index (χ3v) is 6.09. The quantitative estimate of drug-likeness (QED) is 0.525. The Morgan fingerprint density at radius 3 is 3.03 bits per heavy atom. The molecule has 13 heteroatoms. The second kappa shape index (κ2) is 10.1. The molecule has 34 heavy (non-hydrogen) atoms. The van der Waals surface area contributed by atoms with Gasteiger partial charge >= 0.3 is 0 Å². The molecule has 2 aliphatic heterocycles. The number of aliphatic imine (C=N–C) groups is 1. The van der Waals surface area contributed by atoms with Crippen molar-refractivity contribution in [1.29, 1.82) is 0 Å². The van der Waals surface area contributed by atoms with Crippen LogP contribution >= 0.6 is 11.6 Å². The third-order valence-electron chi connectivity index (χ3n) is 5.75. The fourth-order valence-corrected chi connectivity index (χ4v) is 4.21.